The zero-order chi connectivity index (χ0) is 12.1. The van der Waals surface area contributed by atoms with Crippen LogP contribution in [0, 0.1) is 0 Å². The van der Waals surface area contributed by atoms with E-state index in [9.17, 15) is 0 Å². The van der Waals surface area contributed by atoms with Gasteiger partial charge in [-0.3, -0.25) is 0 Å². The molecule has 0 aliphatic carbocycles. The van der Waals surface area contributed by atoms with Gasteiger partial charge in [-0.2, -0.15) is 0 Å². The first-order valence-electron chi connectivity index (χ1n) is 4.81. The SMILES string of the molecule is C=CC=C.C=Cc1nccn1C=C.CC. The summed E-state index contributed by atoms with van der Waals surface area (Å²) in [5.74, 6) is 0.824. The van der Waals surface area contributed by atoms with Gasteiger partial charge in [-0.1, -0.05) is 52.3 Å². The molecule has 0 fully saturated rings. The fourth-order valence-electron chi connectivity index (χ4n) is 0.637. The summed E-state index contributed by atoms with van der Waals surface area (Å²) in [5, 5.41) is 0. The number of rotatable bonds is 3. The molecule has 2 nitrogen and oxygen atoms in total. The van der Waals surface area contributed by atoms with Crippen LogP contribution >= 0.6 is 0 Å². The Labute approximate surface area is 93.0 Å². The largest absolute Gasteiger partial charge is 0.308 e. The number of aromatic nitrogens is 2. The Hall–Kier alpha value is -1.83. The van der Waals surface area contributed by atoms with Crippen molar-refractivity contribution in [3.63, 3.8) is 0 Å². The molecule has 0 saturated carbocycles. The second-order valence-electron chi connectivity index (χ2n) is 2.05. The van der Waals surface area contributed by atoms with Gasteiger partial charge in [0.1, 0.15) is 5.82 Å². The number of hydrogen-bond acceptors (Lipinski definition) is 1. The van der Waals surface area contributed by atoms with Crippen LogP contribution in [-0.2, 0) is 0 Å². The van der Waals surface area contributed by atoms with Gasteiger partial charge in [-0.25, -0.2) is 4.98 Å². The lowest BCUT2D eigenvalue weighted by molar-refractivity contribution is 1.11. The fraction of sp³-hybridized carbons (Fsp3) is 0.154. The summed E-state index contributed by atoms with van der Waals surface area (Å²) in [4.78, 5) is 3.98. The Morgan fingerprint density at radius 3 is 1.93 bits per heavy atom. The van der Waals surface area contributed by atoms with Gasteiger partial charge in [-0.15, -0.1) is 0 Å². The van der Waals surface area contributed by atoms with Crippen molar-refractivity contribution < 1.29 is 0 Å². The minimum atomic E-state index is 0.824. The Morgan fingerprint density at radius 1 is 1.13 bits per heavy atom. The molecule has 0 unspecified atom stereocenters. The normalized spacial score (nSPS) is 7.07. The smallest absolute Gasteiger partial charge is 0.136 e. The molecule has 0 saturated heterocycles. The highest BCUT2D eigenvalue weighted by Crippen LogP contribution is 1.97. The molecule has 0 N–H and O–H groups in total. The molecule has 0 amide bonds. The van der Waals surface area contributed by atoms with Gasteiger partial charge in [0.05, 0.1) is 0 Å². The van der Waals surface area contributed by atoms with E-state index in [0.29, 0.717) is 0 Å². The van der Waals surface area contributed by atoms with Gasteiger partial charge in [0.15, 0.2) is 0 Å². The molecule has 0 radical (unpaired) electrons. The lowest BCUT2D eigenvalue weighted by atomic mass is 10.6. The summed E-state index contributed by atoms with van der Waals surface area (Å²) in [6.07, 6.45) is 10.2. The fourth-order valence-corrected chi connectivity index (χ4v) is 0.637. The molecule has 0 aromatic carbocycles. The molecule has 0 aliphatic heterocycles. The van der Waals surface area contributed by atoms with Crippen LogP contribution in [0.4, 0.5) is 0 Å². The lowest BCUT2D eigenvalue weighted by Gasteiger charge is -1.91. The van der Waals surface area contributed by atoms with Crippen LogP contribution in [0.15, 0.2) is 50.9 Å². The van der Waals surface area contributed by atoms with Crippen molar-refractivity contribution in [1.82, 2.24) is 9.55 Å². The zero-order valence-corrected chi connectivity index (χ0v) is 9.69. The number of nitrogens with zero attached hydrogens (tertiary/aromatic N) is 2. The quantitative estimate of drug-likeness (QED) is 0.680. The molecule has 2 heteroatoms. The van der Waals surface area contributed by atoms with Crippen LogP contribution in [0.1, 0.15) is 19.7 Å². The zero-order valence-electron chi connectivity index (χ0n) is 9.69. The molecule has 0 atom stereocenters. The Balaban J connectivity index is 0. The number of imidazole rings is 1. The van der Waals surface area contributed by atoms with Crippen LogP contribution in [0.5, 0.6) is 0 Å². The van der Waals surface area contributed by atoms with Crippen molar-refractivity contribution in [2.24, 2.45) is 0 Å². The first-order chi connectivity index (χ1) is 7.29. The van der Waals surface area contributed by atoms with Gasteiger partial charge in [0.2, 0.25) is 0 Å². The third-order valence-electron chi connectivity index (χ3n) is 1.24. The van der Waals surface area contributed by atoms with E-state index in [1.165, 1.54) is 0 Å². The predicted octanol–water partition coefficient (Wildman–Crippen LogP) is 4.01. The highest BCUT2D eigenvalue weighted by molar-refractivity contribution is 5.41. The molecule has 1 heterocycles. The van der Waals surface area contributed by atoms with E-state index in [1.54, 1.807) is 35.2 Å². The summed E-state index contributed by atoms with van der Waals surface area (Å²) in [6, 6.07) is 0. The summed E-state index contributed by atoms with van der Waals surface area (Å²) in [6.45, 7) is 17.9. The van der Waals surface area contributed by atoms with Crippen molar-refractivity contribution in [3.05, 3.63) is 56.7 Å². The highest BCUT2D eigenvalue weighted by Gasteiger charge is 1.89. The summed E-state index contributed by atoms with van der Waals surface area (Å²) >= 11 is 0. The van der Waals surface area contributed by atoms with E-state index in [-0.39, 0.29) is 0 Å². The van der Waals surface area contributed by atoms with Gasteiger partial charge >= 0.3 is 0 Å². The molecule has 1 aromatic rings. The topological polar surface area (TPSA) is 17.8 Å². The van der Waals surface area contributed by atoms with Crippen LogP contribution in [0.2, 0.25) is 0 Å². The van der Waals surface area contributed by atoms with E-state index in [4.69, 9.17) is 0 Å². The minimum Gasteiger partial charge on any atom is -0.308 e. The Morgan fingerprint density at radius 2 is 1.67 bits per heavy atom. The first kappa shape index (κ1) is 15.6. The second-order valence-corrected chi connectivity index (χ2v) is 2.05. The molecule has 82 valence electrons. The molecule has 15 heavy (non-hydrogen) atoms. The average Bonchev–Trinajstić information content (AvgIpc) is 2.79. The Bertz CT molecular complexity index is 267. The summed E-state index contributed by atoms with van der Waals surface area (Å²) in [5.41, 5.74) is 0. The van der Waals surface area contributed by atoms with E-state index in [2.05, 4.69) is 31.3 Å². The van der Waals surface area contributed by atoms with Crippen molar-refractivity contribution in [3.8, 4) is 0 Å². The number of allylic oxidation sites excluding steroid dienone is 2. The van der Waals surface area contributed by atoms with Crippen LogP contribution in [0.3, 0.4) is 0 Å². The van der Waals surface area contributed by atoms with Crippen molar-refractivity contribution in [2.75, 3.05) is 0 Å². The van der Waals surface area contributed by atoms with Crippen LogP contribution < -0.4 is 0 Å². The summed E-state index contributed by atoms with van der Waals surface area (Å²) < 4.78 is 1.80. The maximum atomic E-state index is 3.98. The van der Waals surface area contributed by atoms with Gasteiger partial charge < -0.3 is 4.57 Å². The van der Waals surface area contributed by atoms with Gasteiger partial charge in [-0.05, 0) is 6.08 Å². The monoisotopic (exact) mass is 204 g/mol. The van der Waals surface area contributed by atoms with E-state index < -0.39 is 0 Å². The van der Waals surface area contributed by atoms with Gasteiger partial charge in [0, 0.05) is 18.6 Å². The van der Waals surface area contributed by atoms with Crippen molar-refractivity contribution in [2.45, 2.75) is 13.8 Å². The molecule has 1 aromatic heterocycles. The Kier molecular flexibility index (Phi) is 12.7. The minimum absolute atomic E-state index is 0.824. The predicted molar refractivity (Wildman–Crippen MR) is 70.4 cm³/mol. The van der Waals surface area contributed by atoms with E-state index in [1.807, 2.05) is 20.0 Å². The third kappa shape index (κ3) is 7.26. The number of hydrogen-bond donors (Lipinski definition) is 0. The second kappa shape index (κ2) is 12.2. The molecule has 0 bridgehead atoms. The van der Waals surface area contributed by atoms with Crippen molar-refractivity contribution in [1.29, 1.82) is 0 Å². The first-order valence-corrected chi connectivity index (χ1v) is 4.81. The maximum Gasteiger partial charge on any atom is 0.136 e. The van der Waals surface area contributed by atoms with E-state index in [0.717, 1.165) is 5.82 Å². The standard InChI is InChI=1S/C7H8N2.C4H6.C2H6/c1-3-7-8-5-6-9(7)4-2;1-3-4-2;1-2/h3-6H,1-2H2;3-4H,1-2H2;1-2H3. The molecule has 1 rings (SSSR count). The van der Waals surface area contributed by atoms with Crippen LogP contribution in [0.25, 0.3) is 12.3 Å². The van der Waals surface area contributed by atoms with E-state index >= 15 is 0 Å². The third-order valence-corrected chi connectivity index (χ3v) is 1.24. The molecular formula is C13H20N2. The molecule has 0 aliphatic rings. The lowest BCUT2D eigenvalue weighted by Crippen LogP contribution is -1.85. The molecular weight excluding hydrogens is 184 g/mol. The maximum absolute atomic E-state index is 3.98. The van der Waals surface area contributed by atoms with Crippen molar-refractivity contribution >= 4 is 12.3 Å². The highest BCUT2D eigenvalue weighted by atomic mass is 15.0. The van der Waals surface area contributed by atoms with Crippen LogP contribution in [-0.4, -0.2) is 9.55 Å². The molecule has 0 spiro atoms. The average molecular weight is 204 g/mol. The summed E-state index contributed by atoms with van der Waals surface area (Å²) in [7, 11) is 0. The van der Waals surface area contributed by atoms with Gasteiger partial charge in [0.25, 0.3) is 0 Å².